The summed E-state index contributed by atoms with van der Waals surface area (Å²) in [6.07, 6.45) is -4.46. The predicted molar refractivity (Wildman–Crippen MR) is 110 cm³/mol. The minimum absolute atomic E-state index is 0.0553. The molecule has 1 aromatic carbocycles. The van der Waals surface area contributed by atoms with Gasteiger partial charge in [0.05, 0.1) is 30.0 Å². The van der Waals surface area contributed by atoms with Gasteiger partial charge in [-0.1, -0.05) is 29.1 Å². The van der Waals surface area contributed by atoms with Gasteiger partial charge in [-0.3, -0.25) is 9.36 Å². The lowest BCUT2D eigenvalue weighted by Gasteiger charge is -2.10. The maximum Gasteiger partial charge on any atom is 0.416 e. The van der Waals surface area contributed by atoms with E-state index >= 15 is 0 Å². The Labute approximate surface area is 181 Å². The number of thioether (sulfide) groups is 1. The summed E-state index contributed by atoms with van der Waals surface area (Å²) in [5.74, 6) is 0.455. The summed E-state index contributed by atoms with van der Waals surface area (Å²) in [5, 5.41) is 6.04. The average molecular weight is 468 g/mol. The Kier molecular flexibility index (Phi) is 6.12. The highest BCUT2D eigenvalue weighted by Gasteiger charge is 2.30. The molecule has 0 aliphatic heterocycles. The summed E-state index contributed by atoms with van der Waals surface area (Å²) in [7, 11) is 1.54. The first-order valence-corrected chi connectivity index (χ1v) is 10.8. The van der Waals surface area contributed by atoms with Crippen LogP contribution in [0, 0.1) is 0 Å². The number of benzene rings is 1. The van der Waals surface area contributed by atoms with E-state index in [0.717, 1.165) is 12.1 Å². The third-order valence-electron chi connectivity index (χ3n) is 4.29. The van der Waals surface area contributed by atoms with Crippen LogP contribution in [-0.2, 0) is 23.2 Å². The fraction of sp³-hybridized carbons (Fsp3) is 0.263. The average Bonchev–Trinajstić information content (AvgIpc) is 3.41. The molecule has 0 aliphatic carbocycles. The molecule has 3 aromatic heterocycles. The van der Waals surface area contributed by atoms with Crippen molar-refractivity contribution in [3.8, 4) is 11.4 Å². The second-order valence-corrected chi connectivity index (χ2v) is 8.22. The largest absolute Gasteiger partial charge is 0.416 e. The Morgan fingerprint density at radius 1 is 1.26 bits per heavy atom. The van der Waals surface area contributed by atoms with E-state index in [1.807, 2.05) is 0 Å². The SMILES string of the molecule is COCCn1c(SCc2nc(-c3cccc(C(F)(F)F)c3)no2)nc2ccsc2c1=O. The number of alkyl halides is 3. The number of halogens is 3. The molecule has 0 aliphatic rings. The Morgan fingerprint density at radius 2 is 2.10 bits per heavy atom. The van der Waals surface area contributed by atoms with Crippen molar-refractivity contribution in [3.63, 3.8) is 0 Å². The molecule has 0 N–H and O–H groups in total. The zero-order valence-corrected chi connectivity index (χ0v) is 17.7. The number of ether oxygens (including phenoxy) is 1. The van der Waals surface area contributed by atoms with Crippen molar-refractivity contribution in [3.05, 3.63) is 57.5 Å². The zero-order chi connectivity index (χ0) is 22.0. The molecule has 31 heavy (non-hydrogen) atoms. The number of hydrogen-bond acceptors (Lipinski definition) is 8. The van der Waals surface area contributed by atoms with Crippen molar-refractivity contribution >= 4 is 33.3 Å². The van der Waals surface area contributed by atoms with E-state index in [9.17, 15) is 18.0 Å². The van der Waals surface area contributed by atoms with Crippen LogP contribution in [0.3, 0.4) is 0 Å². The van der Waals surface area contributed by atoms with Gasteiger partial charge in [0.15, 0.2) is 5.16 Å². The van der Waals surface area contributed by atoms with Crippen LogP contribution in [-0.4, -0.2) is 33.4 Å². The first-order chi connectivity index (χ1) is 14.9. The van der Waals surface area contributed by atoms with E-state index in [1.54, 1.807) is 18.6 Å². The maximum atomic E-state index is 12.9. The van der Waals surface area contributed by atoms with Gasteiger partial charge in [0.25, 0.3) is 5.56 Å². The van der Waals surface area contributed by atoms with E-state index in [4.69, 9.17) is 9.26 Å². The highest BCUT2D eigenvalue weighted by molar-refractivity contribution is 7.98. The predicted octanol–water partition coefficient (Wildman–Crippen LogP) is 4.47. The maximum absolute atomic E-state index is 12.9. The van der Waals surface area contributed by atoms with E-state index < -0.39 is 11.7 Å². The monoisotopic (exact) mass is 468 g/mol. The molecule has 0 spiro atoms. The van der Waals surface area contributed by atoms with Gasteiger partial charge in [0.2, 0.25) is 11.7 Å². The van der Waals surface area contributed by atoms with Crippen LogP contribution < -0.4 is 5.56 Å². The van der Waals surface area contributed by atoms with Gasteiger partial charge < -0.3 is 9.26 Å². The second kappa shape index (κ2) is 8.81. The molecule has 0 amide bonds. The topological polar surface area (TPSA) is 83.0 Å². The van der Waals surface area contributed by atoms with Gasteiger partial charge in [-0.15, -0.1) is 11.3 Å². The van der Waals surface area contributed by atoms with Crippen molar-refractivity contribution in [2.45, 2.75) is 23.6 Å². The molecule has 0 bridgehead atoms. The number of hydrogen-bond donors (Lipinski definition) is 0. The first kappa shape index (κ1) is 21.5. The quantitative estimate of drug-likeness (QED) is 0.292. The van der Waals surface area contributed by atoms with E-state index in [1.165, 1.54) is 39.8 Å². The Bertz CT molecular complexity index is 1270. The second-order valence-electron chi connectivity index (χ2n) is 6.36. The molecule has 0 saturated carbocycles. The number of rotatable bonds is 7. The summed E-state index contributed by atoms with van der Waals surface area (Å²) in [5.41, 5.74) is -0.151. The highest BCUT2D eigenvalue weighted by Crippen LogP contribution is 2.32. The molecule has 7 nitrogen and oxygen atoms in total. The van der Waals surface area contributed by atoms with Crippen molar-refractivity contribution < 1.29 is 22.4 Å². The van der Waals surface area contributed by atoms with Gasteiger partial charge >= 0.3 is 6.18 Å². The first-order valence-electron chi connectivity index (χ1n) is 8.97. The van der Waals surface area contributed by atoms with Gasteiger partial charge in [-0.05, 0) is 23.6 Å². The van der Waals surface area contributed by atoms with E-state index in [-0.39, 0.29) is 28.6 Å². The lowest BCUT2D eigenvalue weighted by atomic mass is 10.1. The zero-order valence-electron chi connectivity index (χ0n) is 16.0. The fourth-order valence-electron chi connectivity index (χ4n) is 2.81. The minimum Gasteiger partial charge on any atom is -0.383 e. The fourth-order valence-corrected chi connectivity index (χ4v) is 4.45. The van der Waals surface area contributed by atoms with Crippen LogP contribution in [0.4, 0.5) is 13.2 Å². The van der Waals surface area contributed by atoms with E-state index in [0.29, 0.717) is 28.5 Å². The number of thiophene rings is 1. The molecule has 0 fully saturated rings. The van der Waals surface area contributed by atoms with Crippen LogP contribution in [0.1, 0.15) is 11.5 Å². The van der Waals surface area contributed by atoms with Gasteiger partial charge in [-0.2, -0.15) is 18.2 Å². The smallest absolute Gasteiger partial charge is 0.383 e. The van der Waals surface area contributed by atoms with Gasteiger partial charge in [-0.25, -0.2) is 4.98 Å². The van der Waals surface area contributed by atoms with Crippen molar-refractivity contribution in [2.75, 3.05) is 13.7 Å². The third kappa shape index (κ3) is 4.65. The molecule has 162 valence electrons. The number of aromatic nitrogens is 4. The Hall–Kier alpha value is -2.70. The minimum atomic E-state index is -4.46. The lowest BCUT2D eigenvalue weighted by Crippen LogP contribution is -2.24. The highest BCUT2D eigenvalue weighted by atomic mass is 32.2. The van der Waals surface area contributed by atoms with Crippen LogP contribution in [0.2, 0.25) is 0 Å². The molecular formula is C19H15F3N4O3S2. The summed E-state index contributed by atoms with van der Waals surface area (Å²) < 4.78 is 51.2. The van der Waals surface area contributed by atoms with Crippen LogP contribution in [0.5, 0.6) is 0 Å². The Morgan fingerprint density at radius 3 is 2.87 bits per heavy atom. The molecular weight excluding hydrogens is 453 g/mol. The normalized spacial score (nSPS) is 12.0. The Balaban J connectivity index is 1.56. The van der Waals surface area contributed by atoms with Gasteiger partial charge in [0.1, 0.15) is 4.70 Å². The molecule has 12 heteroatoms. The summed E-state index contributed by atoms with van der Waals surface area (Å²) in [4.78, 5) is 21.5. The van der Waals surface area contributed by atoms with Crippen molar-refractivity contribution in [1.82, 2.24) is 19.7 Å². The molecule has 4 aromatic rings. The third-order valence-corrected chi connectivity index (χ3v) is 6.14. The van der Waals surface area contributed by atoms with Crippen molar-refractivity contribution in [1.29, 1.82) is 0 Å². The van der Waals surface area contributed by atoms with Crippen LogP contribution in [0.15, 0.2) is 50.2 Å². The number of fused-ring (bicyclic) bond motifs is 1. The summed E-state index contributed by atoms with van der Waals surface area (Å²) >= 11 is 2.55. The van der Waals surface area contributed by atoms with Crippen LogP contribution >= 0.6 is 23.1 Å². The molecule has 0 radical (unpaired) electrons. The summed E-state index contributed by atoms with van der Waals surface area (Å²) in [6, 6.07) is 6.48. The van der Waals surface area contributed by atoms with Crippen molar-refractivity contribution in [2.24, 2.45) is 0 Å². The molecule has 0 saturated heterocycles. The standard InChI is InChI=1S/C19H15F3N4O3S2/c1-28-7-6-26-17(27)15-13(5-8-30-15)23-18(26)31-10-14-24-16(25-29-14)11-3-2-4-12(9-11)19(20,21)22/h2-5,8-9H,6-7,10H2,1H3. The van der Waals surface area contributed by atoms with Gasteiger partial charge in [0, 0.05) is 12.7 Å². The molecule has 3 heterocycles. The number of methoxy groups -OCH3 is 1. The molecule has 0 unspecified atom stereocenters. The molecule has 0 atom stereocenters. The van der Waals surface area contributed by atoms with E-state index in [2.05, 4.69) is 15.1 Å². The lowest BCUT2D eigenvalue weighted by molar-refractivity contribution is -0.137. The molecule has 4 rings (SSSR count). The summed E-state index contributed by atoms with van der Waals surface area (Å²) in [6.45, 7) is 0.671. The number of nitrogens with zero attached hydrogens (tertiary/aromatic N) is 4. The van der Waals surface area contributed by atoms with Crippen LogP contribution in [0.25, 0.3) is 21.6 Å².